The smallest absolute Gasteiger partial charge is 0.269 e. The number of Topliss-reactive ketones (excluding diaryl/α,β-unsaturated/α-hetero) is 1. The van der Waals surface area contributed by atoms with E-state index in [0.29, 0.717) is 33.8 Å². The number of halogens is 1. The molecule has 7 heteroatoms. The molecule has 0 aromatic heterocycles. The van der Waals surface area contributed by atoms with Crippen LogP contribution in [0.4, 0.5) is 10.1 Å². The van der Waals surface area contributed by atoms with Gasteiger partial charge in [-0.05, 0) is 60.0 Å². The number of ketones is 1. The quantitative estimate of drug-likeness (QED) is 0.330. The first-order valence-electron chi connectivity index (χ1n) is 9.11. The summed E-state index contributed by atoms with van der Waals surface area (Å²) in [5.41, 5.74) is 2.40. The van der Waals surface area contributed by atoms with Crippen LogP contribution in [0.1, 0.15) is 27.0 Å². The zero-order valence-corrected chi connectivity index (χ0v) is 15.9. The molecule has 6 nitrogen and oxygen atoms in total. The number of ether oxygens (including phenoxy) is 2. The molecule has 3 aromatic carbocycles. The molecule has 0 aliphatic carbocycles. The van der Waals surface area contributed by atoms with Crippen molar-refractivity contribution in [3.05, 3.63) is 105 Å². The van der Waals surface area contributed by atoms with Gasteiger partial charge in [0.2, 0.25) is 5.78 Å². The fourth-order valence-electron chi connectivity index (χ4n) is 3.20. The van der Waals surface area contributed by atoms with Gasteiger partial charge in [-0.1, -0.05) is 12.1 Å². The van der Waals surface area contributed by atoms with E-state index in [1.54, 1.807) is 49.4 Å². The van der Waals surface area contributed by atoms with Crippen molar-refractivity contribution < 1.29 is 23.6 Å². The van der Waals surface area contributed by atoms with Crippen molar-refractivity contribution in [1.29, 1.82) is 0 Å². The van der Waals surface area contributed by atoms with Gasteiger partial charge in [-0.25, -0.2) is 4.39 Å². The van der Waals surface area contributed by atoms with E-state index >= 15 is 0 Å². The summed E-state index contributed by atoms with van der Waals surface area (Å²) in [6.07, 6.45) is 1.54. The van der Waals surface area contributed by atoms with Gasteiger partial charge < -0.3 is 9.47 Å². The summed E-state index contributed by atoms with van der Waals surface area (Å²) in [7, 11) is 0. The highest BCUT2D eigenvalue weighted by Crippen LogP contribution is 2.37. The zero-order valence-electron chi connectivity index (χ0n) is 15.9. The van der Waals surface area contributed by atoms with Crippen LogP contribution in [0.25, 0.3) is 6.08 Å². The van der Waals surface area contributed by atoms with E-state index in [0.717, 1.165) is 0 Å². The highest BCUT2D eigenvalue weighted by Gasteiger charge is 2.30. The number of benzene rings is 3. The van der Waals surface area contributed by atoms with E-state index in [-0.39, 0.29) is 29.7 Å². The first-order chi connectivity index (χ1) is 14.4. The number of hydrogen-bond acceptors (Lipinski definition) is 5. The molecule has 1 heterocycles. The molecule has 0 radical (unpaired) electrons. The first kappa shape index (κ1) is 19.3. The topological polar surface area (TPSA) is 78.7 Å². The van der Waals surface area contributed by atoms with Gasteiger partial charge in [0.15, 0.2) is 5.76 Å². The number of nitro benzene ring substituents is 1. The fraction of sp³-hybridized carbons (Fsp3) is 0.0870. The summed E-state index contributed by atoms with van der Waals surface area (Å²) in [6, 6.07) is 15.3. The number of carbonyl (C=O) groups is 1. The zero-order chi connectivity index (χ0) is 21.3. The number of aryl methyl sites for hydroxylation is 1. The lowest BCUT2D eigenvalue weighted by Gasteiger charge is -2.09. The number of non-ortho nitro benzene ring substituents is 1. The van der Waals surface area contributed by atoms with Crippen LogP contribution in [0, 0.1) is 22.9 Å². The first-order valence-corrected chi connectivity index (χ1v) is 9.11. The van der Waals surface area contributed by atoms with Gasteiger partial charge in [0, 0.05) is 18.2 Å². The molecule has 0 N–H and O–H groups in total. The van der Waals surface area contributed by atoms with Gasteiger partial charge >= 0.3 is 0 Å². The van der Waals surface area contributed by atoms with Crippen LogP contribution < -0.4 is 9.47 Å². The van der Waals surface area contributed by atoms with Crippen LogP contribution in [0.5, 0.6) is 11.5 Å². The third-order valence-corrected chi connectivity index (χ3v) is 4.64. The Balaban J connectivity index is 1.55. The Bertz CT molecular complexity index is 1180. The summed E-state index contributed by atoms with van der Waals surface area (Å²) < 4.78 is 24.8. The average Bonchev–Trinajstić information content (AvgIpc) is 3.02. The maximum absolute atomic E-state index is 13.3. The van der Waals surface area contributed by atoms with E-state index in [1.165, 1.54) is 24.3 Å². The number of fused-ring (bicyclic) bond motifs is 1. The summed E-state index contributed by atoms with van der Waals surface area (Å²) in [4.78, 5) is 23.0. The highest BCUT2D eigenvalue weighted by atomic mass is 19.1. The largest absolute Gasteiger partial charge is 0.489 e. The summed E-state index contributed by atoms with van der Waals surface area (Å²) in [5.74, 6) is 0.403. The van der Waals surface area contributed by atoms with Crippen LogP contribution in [0.3, 0.4) is 0 Å². The molecular formula is C23H16FNO5. The molecular weight excluding hydrogens is 389 g/mol. The third kappa shape index (κ3) is 3.91. The number of allylic oxidation sites excluding steroid dienone is 1. The van der Waals surface area contributed by atoms with Crippen LogP contribution in [0.15, 0.2) is 66.4 Å². The van der Waals surface area contributed by atoms with Gasteiger partial charge in [-0.15, -0.1) is 0 Å². The summed E-state index contributed by atoms with van der Waals surface area (Å²) in [6.45, 7) is 1.96. The maximum atomic E-state index is 13.3. The standard InChI is InChI=1S/C23H16FNO5/c1-14-9-19(29-13-16-3-2-4-17(24)10-16)12-20-22(14)23(26)21(30-20)11-15-5-7-18(8-6-15)25(27)28/h2-12H,13H2,1H3/b21-11-. The van der Waals surface area contributed by atoms with Crippen LogP contribution in [-0.2, 0) is 6.61 Å². The SMILES string of the molecule is Cc1cc(OCc2cccc(F)c2)cc2c1C(=O)/C(=C/c1ccc([N+](=O)[O-])cc1)O2. The lowest BCUT2D eigenvalue weighted by Crippen LogP contribution is -2.00. The molecule has 0 spiro atoms. The monoisotopic (exact) mass is 405 g/mol. The van der Waals surface area contributed by atoms with Gasteiger partial charge in [-0.2, -0.15) is 0 Å². The molecule has 30 heavy (non-hydrogen) atoms. The van der Waals surface area contributed by atoms with E-state index in [2.05, 4.69) is 0 Å². The molecule has 4 rings (SSSR count). The second-order valence-corrected chi connectivity index (χ2v) is 6.82. The Kier molecular flexibility index (Phi) is 5.02. The minimum Gasteiger partial charge on any atom is -0.489 e. The molecule has 0 atom stereocenters. The van der Waals surface area contributed by atoms with Crippen molar-refractivity contribution in [2.45, 2.75) is 13.5 Å². The Hall–Kier alpha value is -4.00. The van der Waals surface area contributed by atoms with Crippen LogP contribution in [-0.4, -0.2) is 10.7 Å². The van der Waals surface area contributed by atoms with Crippen LogP contribution in [0.2, 0.25) is 0 Å². The molecule has 0 fully saturated rings. The highest BCUT2D eigenvalue weighted by molar-refractivity contribution is 6.15. The van der Waals surface area contributed by atoms with Crippen molar-refractivity contribution in [1.82, 2.24) is 0 Å². The Labute approximate surface area is 171 Å². The lowest BCUT2D eigenvalue weighted by molar-refractivity contribution is -0.384. The Morgan fingerprint density at radius 3 is 2.60 bits per heavy atom. The van der Waals surface area contributed by atoms with Crippen molar-refractivity contribution in [2.24, 2.45) is 0 Å². The maximum Gasteiger partial charge on any atom is 0.269 e. The summed E-state index contributed by atoms with van der Waals surface area (Å²) in [5, 5.41) is 10.8. The van der Waals surface area contributed by atoms with Crippen molar-refractivity contribution in [3.63, 3.8) is 0 Å². The molecule has 150 valence electrons. The van der Waals surface area contributed by atoms with E-state index in [1.807, 2.05) is 0 Å². The molecule has 0 amide bonds. The minimum absolute atomic E-state index is 0.0324. The van der Waals surface area contributed by atoms with Crippen molar-refractivity contribution in [3.8, 4) is 11.5 Å². The Morgan fingerprint density at radius 2 is 1.90 bits per heavy atom. The summed E-state index contributed by atoms with van der Waals surface area (Å²) >= 11 is 0. The Morgan fingerprint density at radius 1 is 1.13 bits per heavy atom. The minimum atomic E-state index is -0.487. The second-order valence-electron chi connectivity index (χ2n) is 6.82. The van der Waals surface area contributed by atoms with Crippen LogP contribution >= 0.6 is 0 Å². The fourth-order valence-corrected chi connectivity index (χ4v) is 3.20. The number of nitro groups is 1. The van der Waals surface area contributed by atoms with E-state index in [4.69, 9.17) is 9.47 Å². The van der Waals surface area contributed by atoms with E-state index < -0.39 is 4.92 Å². The predicted molar refractivity (Wildman–Crippen MR) is 108 cm³/mol. The molecule has 0 unspecified atom stereocenters. The van der Waals surface area contributed by atoms with Crippen molar-refractivity contribution in [2.75, 3.05) is 0 Å². The molecule has 1 aliphatic rings. The number of hydrogen-bond donors (Lipinski definition) is 0. The number of carbonyl (C=O) groups excluding carboxylic acids is 1. The normalized spacial score (nSPS) is 13.8. The van der Waals surface area contributed by atoms with Gasteiger partial charge in [0.25, 0.3) is 5.69 Å². The number of rotatable bonds is 5. The molecule has 1 aliphatic heterocycles. The molecule has 0 saturated carbocycles. The van der Waals surface area contributed by atoms with Gasteiger partial charge in [0.1, 0.15) is 23.9 Å². The molecule has 3 aromatic rings. The number of nitrogens with zero attached hydrogens (tertiary/aromatic N) is 1. The predicted octanol–water partition coefficient (Wildman–Crippen LogP) is 5.24. The average molecular weight is 405 g/mol. The lowest BCUT2D eigenvalue weighted by atomic mass is 10.0. The van der Waals surface area contributed by atoms with Gasteiger partial charge in [-0.3, -0.25) is 14.9 Å². The molecule has 0 saturated heterocycles. The van der Waals surface area contributed by atoms with E-state index in [9.17, 15) is 19.3 Å². The van der Waals surface area contributed by atoms with Crippen molar-refractivity contribution >= 4 is 17.5 Å². The second kappa shape index (κ2) is 7.79. The van der Waals surface area contributed by atoms with Gasteiger partial charge in [0.05, 0.1) is 10.5 Å². The third-order valence-electron chi connectivity index (χ3n) is 4.64. The molecule has 0 bridgehead atoms.